The van der Waals surface area contributed by atoms with E-state index in [9.17, 15) is 4.79 Å². The van der Waals surface area contributed by atoms with Crippen molar-refractivity contribution < 1.29 is 4.79 Å². The van der Waals surface area contributed by atoms with Crippen molar-refractivity contribution in [3.8, 4) is 0 Å². The minimum atomic E-state index is -0.533. The summed E-state index contributed by atoms with van der Waals surface area (Å²) in [4.78, 5) is 15.0. The quantitative estimate of drug-likeness (QED) is 0.796. The Bertz CT molecular complexity index is 462. The Kier molecular flexibility index (Phi) is 2.49. The molecular formula is C11H10N3O. The molecule has 0 aliphatic carbocycles. The zero-order valence-corrected chi connectivity index (χ0v) is 8.00. The van der Waals surface area contributed by atoms with Crippen molar-refractivity contribution in [1.29, 1.82) is 0 Å². The lowest BCUT2D eigenvalue weighted by Crippen LogP contribution is -2.20. The lowest BCUT2D eigenvalue weighted by Gasteiger charge is -2.02. The largest absolute Gasteiger partial charge is 0.351 e. The van der Waals surface area contributed by atoms with Gasteiger partial charge in [-0.15, -0.1) is 0 Å². The molecule has 2 rings (SSSR count). The lowest BCUT2D eigenvalue weighted by atomic mass is 10.1. The Morgan fingerprint density at radius 3 is 2.73 bits per heavy atom. The van der Waals surface area contributed by atoms with Crippen molar-refractivity contribution in [3.63, 3.8) is 0 Å². The summed E-state index contributed by atoms with van der Waals surface area (Å²) in [5.74, 6) is 0.536. The summed E-state index contributed by atoms with van der Waals surface area (Å²) in [6.07, 6.45) is 4.88. The smallest absolute Gasteiger partial charge is 0.324 e. The van der Waals surface area contributed by atoms with Crippen molar-refractivity contribution in [2.75, 3.05) is 0 Å². The predicted octanol–water partition coefficient (Wildman–Crippen LogP) is 1.41. The number of benzene rings is 1. The van der Waals surface area contributed by atoms with Crippen LogP contribution >= 0.6 is 0 Å². The number of aromatic nitrogens is 2. The highest BCUT2D eigenvalue weighted by molar-refractivity contribution is 5.75. The van der Waals surface area contributed by atoms with Gasteiger partial charge in [0.05, 0.1) is 6.42 Å². The van der Waals surface area contributed by atoms with Crippen LogP contribution in [0, 0.1) is 6.42 Å². The van der Waals surface area contributed by atoms with Gasteiger partial charge in [0.25, 0.3) is 0 Å². The van der Waals surface area contributed by atoms with E-state index in [1.54, 1.807) is 12.6 Å². The van der Waals surface area contributed by atoms with Crippen molar-refractivity contribution in [1.82, 2.24) is 9.55 Å². The van der Waals surface area contributed by atoms with Crippen LogP contribution < -0.4 is 5.73 Å². The number of amides is 1. The molecule has 0 spiro atoms. The third-order valence-electron chi connectivity index (χ3n) is 2.00. The molecule has 1 amide bonds. The van der Waals surface area contributed by atoms with Crippen LogP contribution in [0.25, 0.3) is 0 Å². The first kappa shape index (κ1) is 9.45. The molecule has 2 N–H and O–H groups in total. The zero-order valence-electron chi connectivity index (χ0n) is 8.00. The minimum absolute atomic E-state index is 0.533. The summed E-state index contributed by atoms with van der Waals surface area (Å²) in [6, 6.07) is 9.10. The van der Waals surface area contributed by atoms with Crippen LogP contribution in [-0.4, -0.2) is 15.6 Å². The van der Waals surface area contributed by atoms with E-state index >= 15 is 0 Å². The maximum absolute atomic E-state index is 11.0. The molecule has 1 aromatic heterocycles. The van der Waals surface area contributed by atoms with E-state index < -0.39 is 6.03 Å². The fraction of sp³-hybridized carbons (Fsp3) is 0. The van der Waals surface area contributed by atoms with Gasteiger partial charge in [-0.05, 0) is 5.56 Å². The molecule has 1 heterocycles. The zero-order chi connectivity index (χ0) is 10.7. The number of hydrogen-bond donors (Lipinski definition) is 1. The van der Waals surface area contributed by atoms with Gasteiger partial charge >= 0.3 is 6.03 Å². The first-order valence-electron chi connectivity index (χ1n) is 4.50. The topological polar surface area (TPSA) is 60.9 Å². The summed E-state index contributed by atoms with van der Waals surface area (Å²) in [6.45, 7) is 0. The van der Waals surface area contributed by atoms with Gasteiger partial charge in [-0.2, -0.15) is 0 Å². The van der Waals surface area contributed by atoms with Crippen LogP contribution in [0.1, 0.15) is 11.4 Å². The molecule has 75 valence electrons. The van der Waals surface area contributed by atoms with Crippen LogP contribution in [0.4, 0.5) is 4.79 Å². The summed E-state index contributed by atoms with van der Waals surface area (Å²) < 4.78 is 1.30. The van der Waals surface area contributed by atoms with E-state index in [0.717, 1.165) is 5.56 Å². The van der Waals surface area contributed by atoms with Crippen molar-refractivity contribution in [2.24, 2.45) is 5.73 Å². The van der Waals surface area contributed by atoms with Gasteiger partial charge in [0.2, 0.25) is 0 Å². The molecule has 0 unspecified atom stereocenters. The van der Waals surface area contributed by atoms with Gasteiger partial charge in [0.15, 0.2) is 0 Å². The maximum Gasteiger partial charge on any atom is 0.324 e. The van der Waals surface area contributed by atoms with E-state index in [1.807, 2.05) is 30.3 Å². The number of primary amides is 1. The predicted molar refractivity (Wildman–Crippen MR) is 56.2 cm³/mol. The number of rotatable bonds is 2. The molecule has 4 nitrogen and oxygen atoms in total. The first-order chi connectivity index (χ1) is 7.27. The number of carbonyl (C=O) groups is 1. The van der Waals surface area contributed by atoms with Gasteiger partial charge in [-0.3, -0.25) is 4.57 Å². The second-order valence-corrected chi connectivity index (χ2v) is 3.05. The highest BCUT2D eigenvalue weighted by atomic mass is 16.2. The molecule has 0 saturated carbocycles. The molecule has 1 radical (unpaired) electrons. The first-order valence-corrected chi connectivity index (χ1v) is 4.50. The maximum atomic E-state index is 11.0. The SMILES string of the molecule is NC(=O)n1ccnc1[CH]c1ccccc1. The molecule has 4 heteroatoms. The molecule has 0 aliphatic heterocycles. The molecule has 0 saturated heterocycles. The Balaban J connectivity index is 2.25. The Hall–Kier alpha value is -2.10. The Labute approximate surface area is 87.4 Å². The second kappa shape index (κ2) is 3.96. The fourth-order valence-electron chi connectivity index (χ4n) is 1.31. The molecular weight excluding hydrogens is 190 g/mol. The fourth-order valence-corrected chi connectivity index (χ4v) is 1.31. The number of carbonyl (C=O) groups excluding carboxylic acids is 1. The molecule has 0 fully saturated rings. The van der Waals surface area contributed by atoms with Gasteiger partial charge in [-0.25, -0.2) is 9.78 Å². The normalized spacial score (nSPS) is 10.1. The molecule has 0 bridgehead atoms. The van der Waals surface area contributed by atoms with Crippen LogP contribution in [-0.2, 0) is 0 Å². The standard InChI is InChI=1S/C11H10N3O/c12-11(15)14-7-6-13-10(14)8-9-4-2-1-3-5-9/h1-8H,(H2,12,15). The Morgan fingerprint density at radius 1 is 1.33 bits per heavy atom. The van der Waals surface area contributed by atoms with Gasteiger partial charge in [0, 0.05) is 12.4 Å². The number of imidazole rings is 1. The van der Waals surface area contributed by atoms with E-state index in [0.29, 0.717) is 5.82 Å². The molecule has 1 aromatic carbocycles. The molecule has 0 aliphatic rings. The number of nitrogens with zero attached hydrogens (tertiary/aromatic N) is 2. The minimum Gasteiger partial charge on any atom is -0.351 e. The van der Waals surface area contributed by atoms with E-state index in [-0.39, 0.29) is 0 Å². The van der Waals surface area contributed by atoms with E-state index in [1.165, 1.54) is 10.8 Å². The average molecular weight is 200 g/mol. The lowest BCUT2D eigenvalue weighted by molar-refractivity contribution is 0.250. The monoisotopic (exact) mass is 200 g/mol. The van der Waals surface area contributed by atoms with Crippen LogP contribution in [0.15, 0.2) is 42.7 Å². The average Bonchev–Trinajstić information content (AvgIpc) is 2.67. The third kappa shape index (κ3) is 2.04. The van der Waals surface area contributed by atoms with Crippen molar-refractivity contribution in [3.05, 3.63) is 60.5 Å². The third-order valence-corrected chi connectivity index (χ3v) is 2.00. The summed E-state index contributed by atoms with van der Waals surface area (Å²) in [5.41, 5.74) is 6.15. The van der Waals surface area contributed by atoms with Gasteiger partial charge < -0.3 is 5.73 Å². The van der Waals surface area contributed by atoms with Crippen LogP contribution in [0.2, 0.25) is 0 Å². The highest BCUT2D eigenvalue weighted by Gasteiger charge is 2.07. The van der Waals surface area contributed by atoms with Crippen molar-refractivity contribution in [2.45, 2.75) is 0 Å². The number of hydrogen-bond acceptors (Lipinski definition) is 2. The molecule has 2 aromatic rings. The highest BCUT2D eigenvalue weighted by Crippen LogP contribution is 2.09. The Morgan fingerprint density at radius 2 is 2.07 bits per heavy atom. The summed E-state index contributed by atoms with van der Waals surface area (Å²) in [5, 5.41) is 0. The van der Waals surface area contributed by atoms with E-state index in [2.05, 4.69) is 4.98 Å². The van der Waals surface area contributed by atoms with E-state index in [4.69, 9.17) is 5.73 Å². The molecule has 0 atom stereocenters. The van der Waals surface area contributed by atoms with Gasteiger partial charge in [-0.1, -0.05) is 30.3 Å². The van der Waals surface area contributed by atoms with Crippen LogP contribution in [0.3, 0.4) is 0 Å². The second-order valence-electron chi connectivity index (χ2n) is 3.05. The number of nitrogens with two attached hydrogens (primary N) is 1. The van der Waals surface area contributed by atoms with Crippen LogP contribution in [0.5, 0.6) is 0 Å². The van der Waals surface area contributed by atoms with Crippen molar-refractivity contribution >= 4 is 6.03 Å². The summed E-state index contributed by atoms with van der Waals surface area (Å²) >= 11 is 0. The van der Waals surface area contributed by atoms with Gasteiger partial charge in [0.1, 0.15) is 5.82 Å². The summed E-state index contributed by atoms with van der Waals surface area (Å²) in [7, 11) is 0. The molecule has 15 heavy (non-hydrogen) atoms.